The molecule has 0 aliphatic heterocycles. The van der Waals surface area contributed by atoms with E-state index in [-0.39, 0.29) is 0 Å². The zero-order valence-corrected chi connectivity index (χ0v) is 13.3. The van der Waals surface area contributed by atoms with Crippen LogP contribution in [0.15, 0.2) is 47.0 Å². The van der Waals surface area contributed by atoms with Gasteiger partial charge in [-0.1, -0.05) is 22.5 Å². The van der Waals surface area contributed by atoms with Crippen molar-refractivity contribution in [3.05, 3.63) is 53.9 Å². The van der Waals surface area contributed by atoms with Gasteiger partial charge in [-0.3, -0.25) is 0 Å². The lowest BCUT2D eigenvalue weighted by atomic mass is 10.1. The van der Waals surface area contributed by atoms with Crippen molar-refractivity contribution in [2.75, 3.05) is 7.11 Å². The first-order valence-corrected chi connectivity index (χ1v) is 7.48. The van der Waals surface area contributed by atoms with E-state index in [9.17, 15) is 0 Å². The van der Waals surface area contributed by atoms with Gasteiger partial charge in [-0.15, -0.1) is 5.10 Å². The summed E-state index contributed by atoms with van der Waals surface area (Å²) in [6.07, 6.45) is 0.553. The summed E-state index contributed by atoms with van der Waals surface area (Å²) in [6.45, 7) is 0. The highest BCUT2D eigenvalue weighted by Crippen LogP contribution is 2.22. The first-order valence-electron chi connectivity index (χ1n) is 7.48. The Bertz CT molecular complexity index is 1010. The van der Waals surface area contributed by atoms with Gasteiger partial charge in [0.1, 0.15) is 11.3 Å². The number of rotatable bonds is 4. The van der Waals surface area contributed by atoms with Crippen LogP contribution in [0.3, 0.4) is 0 Å². The minimum atomic E-state index is 0.542. The van der Waals surface area contributed by atoms with E-state index in [1.165, 1.54) is 0 Å². The minimum absolute atomic E-state index is 0.542. The third-order valence-electron chi connectivity index (χ3n) is 3.83. The van der Waals surface area contributed by atoms with Crippen LogP contribution < -0.4 is 4.74 Å². The van der Waals surface area contributed by atoms with Crippen molar-refractivity contribution in [1.29, 1.82) is 0 Å². The van der Waals surface area contributed by atoms with Crippen molar-refractivity contribution in [3.63, 3.8) is 0 Å². The fourth-order valence-corrected chi connectivity index (χ4v) is 2.58. The van der Waals surface area contributed by atoms with Gasteiger partial charge in [0.15, 0.2) is 0 Å². The van der Waals surface area contributed by atoms with Crippen LogP contribution in [-0.2, 0) is 13.5 Å². The maximum absolute atomic E-state index is 5.37. The van der Waals surface area contributed by atoms with Gasteiger partial charge in [0, 0.05) is 12.6 Å². The number of aryl methyl sites for hydroxylation is 1. The predicted molar refractivity (Wildman–Crippen MR) is 87.6 cm³/mol. The van der Waals surface area contributed by atoms with E-state index in [1.54, 1.807) is 11.8 Å². The molecule has 0 aliphatic rings. The summed E-state index contributed by atoms with van der Waals surface area (Å²) in [4.78, 5) is 4.47. The highest BCUT2D eigenvalue weighted by atomic mass is 16.5. The van der Waals surface area contributed by atoms with Crippen LogP contribution in [0.5, 0.6) is 5.75 Å². The van der Waals surface area contributed by atoms with Crippen molar-refractivity contribution >= 4 is 11.0 Å². The molecule has 7 nitrogen and oxygen atoms in total. The third-order valence-corrected chi connectivity index (χ3v) is 3.83. The maximum atomic E-state index is 5.37. The molecule has 120 valence electrons. The Labute approximate surface area is 137 Å². The number of fused-ring (bicyclic) bond motifs is 1. The Morgan fingerprint density at radius 1 is 1.17 bits per heavy atom. The van der Waals surface area contributed by atoms with E-state index < -0.39 is 0 Å². The molecule has 2 aromatic heterocycles. The van der Waals surface area contributed by atoms with Crippen molar-refractivity contribution in [3.8, 4) is 17.1 Å². The van der Waals surface area contributed by atoms with E-state index in [2.05, 4.69) is 20.5 Å². The smallest absolute Gasteiger partial charge is 0.231 e. The Balaban J connectivity index is 1.61. The highest BCUT2D eigenvalue weighted by Gasteiger charge is 2.11. The lowest BCUT2D eigenvalue weighted by Gasteiger charge is -2.01. The monoisotopic (exact) mass is 321 g/mol. The average molecular weight is 321 g/mol. The maximum Gasteiger partial charge on any atom is 0.231 e. The molecule has 24 heavy (non-hydrogen) atoms. The van der Waals surface area contributed by atoms with Crippen molar-refractivity contribution in [2.24, 2.45) is 7.05 Å². The quantitative estimate of drug-likeness (QED) is 0.575. The summed E-state index contributed by atoms with van der Waals surface area (Å²) in [5, 5.41) is 12.2. The summed E-state index contributed by atoms with van der Waals surface area (Å²) in [6, 6.07) is 13.6. The molecule has 0 fully saturated rings. The Morgan fingerprint density at radius 3 is 2.96 bits per heavy atom. The van der Waals surface area contributed by atoms with Crippen LogP contribution in [-0.4, -0.2) is 32.2 Å². The summed E-state index contributed by atoms with van der Waals surface area (Å²) >= 11 is 0. The lowest BCUT2D eigenvalue weighted by Crippen LogP contribution is -1.90. The Hall–Kier alpha value is -3.22. The first kappa shape index (κ1) is 14.4. The van der Waals surface area contributed by atoms with Crippen LogP contribution in [0.1, 0.15) is 11.5 Å². The van der Waals surface area contributed by atoms with Gasteiger partial charge in [-0.05, 0) is 35.9 Å². The van der Waals surface area contributed by atoms with E-state index >= 15 is 0 Å². The molecule has 2 aromatic carbocycles. The topological polar surface area (TPSA) is 78.9 Å². The molecule has 4 aromatic rings. The molecular weight excluding hydrogens is 306 g/mol. The second-order valence-electron chi connectivity index (χ2n) is 5.46. The number of nitrogens with zero attached hydrogens (tertiary/aromatic N) is 5. The van der Waals surface area contributed by atoms with Crippen LogP contribution >= 0.6 is 0 Å². The lowest BCUT2D eigenvalue weighted by molar-refractivity contribution is 0.385. The second-order valence-corrected chi connectivity index (χ2v) is 5.46. The van der Waals surface area contributed by atoms with Gasteiger partial charge < -0.3 is 9.26 Å². The molecule has 0 radical (unpaired) electrons. The molecule has 0 saturated heterocycles. The van der Waals surface area contributed by atoms with Gasteiger partial charge in [-0.2, -0.15) is 4.98 Å². The fraction of sp³-hybridized carbons (Fsp3) is 0.176. The summed E-state index contributed by atoms with van der Waals surface area (Å²) in [5.74, 6) is 1.90. The average Bonchev–Trinajstić information content (AvgIpc) is 3.22. The van der Waals surface area contributed by atoms with E-state index in [1.807, 2.05) is 49.5 Å². The Kier molecular flexibility index (Phi) is 3.45. The van der Waals surface area contributed by atoms with Crippen molar-refractivity contribution in [2.45, 2.75) is 6.42 Å². The molecule has 2 heterocycles. The molecule has 0 saturated carbocycles. The molecule has 7 heteroatoms. The van der Waals surface area contributed by atoms with Gasteiger partial charge in [0.05, 0.1) is 19.0 Å². The molecule has 4 rings (SSSR count). The predicted octanol–water partition coefficient (Wildman–Crippen LogP) is 2.62. The SMILES string of the molecule is COc1cccc(Cc2nc(-c3ccc4c(c3)nnn4C)no2)c1. The minimum Gasteiger partial charge on any atom is -0.497 e. The molecule has 0 atom stereocenters. The van der Waals surface area contributed by atoms with Crippen LogP contribution in [0, 0.1) is 0 Å². The number of methoxy groups -OCH3 is 1. The summed E-state index contributed by atoms with van der Waals surface area (Å²) in [5.41, 5.74) is 3.66. The van der Waals surface area contributed by atoms with Gasteiger partial charge in [-0.25, -0.2) is 4.68 Å². The molecular formula is C17H15N5O2. The number of ether oxygens (including phenoxy) is 1. The molecule has 0 amide bonds. The van der Waals surface area contributed by atoms with Crippen molar-refractivity contribution < 1.29 is 9.26 Å². The second kappa shape index (κ2) is 5.77. The highest BCUT2D eigenvalue weighted by molar-refractivity contribution is 5.79. The fourth-order valence-electron chi connectivity index (χ4n) is 2.58. The standard InChI is InChI=1S/C17H15N5O2/c1-22-15-7-6-12(10-14(15)19-21-22)17-18-16(24-20-17)9-11-4-3-5-13(8-11)23-2/h3-8,10H,9H2,1-2H3. The molecule has 0 aliphatic carbocycles. The molecule has 0 bridgehead atoms. The summed E-state index contributed by atoms with van der Waals surface area (Å²) in [7, 11) is 3.50. The number of benzene rings is 2. The zero-order valence-electron chi connectivity index (χ0n) is 13.3. The summed E-state index contributed by atoms with van der Waals surface area (Å²) < 4.78 is 12.3. The van der Waals surface area contributed by atoms with E-state index in [0.29, 0.717) is 18.1 Å². The third kappa shape index (κ3) is 2.60. The van der Waals surface area contributed by atoms with E-state index in [4.69, 9.17) is 9.26 Å². The van der Waals surface area contributed by atoms with Crippen LogP contribution in [0.2, 0.25) is 0 Å². The number of hydrogen-bond acceptors (Lipinski definition) is 6. The molecule has 0 spiro atoms. The number of aromatic nitrogens is 5. The number of hydrogen-bond donors (Lipinski definition) is 0. The Morgan fingerprint density at radius 2 is 2.08 bits per heavy atom. The largest absolute Gasteiger partial charge is 0.497 e. The van der Waals surface area contributed by atoms with Gasteiger partial charge in [0.25, 0.3) is 0 Å². The van der Waals surface area contributed by atoms with Crippen LogP contribution in [0.25, 0.3) is 22.4 Å². The normalized spacial score (nSPS) is 11.1. The zero-order chi connectivity index (χ0) is 16.5. The molecule has 0 N–H and O–H groups in total. The first-order chi connectivity index (χ1) is 11.7. The van der Waals surface area contributed by atoms with Gasteiger partial charge >= 0.3 is 0 Å². The van der Waals surface area contributed by atoms with Gasteiger partial charge in [0.2, 0.25) is 11.7 Å². The van der Waals surface area contributed by atoms with Crippen LogP contribution in [0.4, 0.5) is 0 Å². The van der Waals surface area contributed by atoms with E-state index in [0.717, 1.165) is 27.9 Å². The molecule has 0 unspecified atom stereocenters. The van der Waals surface area contributed by atoms with Crippen molar-refractivity contribution in [1.82, 2.24) is 25.1 Å².